The summed E-state index contributed by atoms with van der Waals surface area (Å²) in [7, 11) is 0. The fourth-order valence-corrected chi connectivity index (χ4v) is 3.13. The summed E-state index contributed by atoms with van der Waals surface area (Å²) in [5.41, 5.74) is 7.59. The van der Waals surface area contributed by atoms with E-state index in [-0.39, 0.29) is 24.1 Å². The van der Waals surface area contributed by atoms with Crippen LogP contribution in [-0.4, -0.2) is 33.3 Å². The molecule has 0 aliphatic carbocycles. The van der Waals surface area contributed by atoms with Gasteiger partial charge in [0.1, 0.15) is 24.6 Å². The third kappa shape index (κ3) is 3.36. The summed E-state index contributed by atoms with van der Waals surface area (Å²) in [6.45, 7) is 4.28. The Morgan fingerprint density at radius 1 is 1.50 bits per heavy atom. The maximum atomic E-state index is 11.9. The number of aromatic nitrogens is 3. The first-order valence-corrected chi connectivity index (χ1v) is 8.50. The van der Waals surface area contributed by atoms with Crippen molar-refractivity contribution >= 4 is 17.3 Å². The van der Waals surface area contributed by atoms with Crippen LogP contribution in [0.5, 0.6) is 0 Å². The molecule has 0 bridgehead atoms. The lowest BCUT2D eigenvalue weighted by molar-refractivity contribution is -0.152. The van der Waals surface area contributed by atoms with Crippen molar-refractivity contribution in [3.63, 3.8) is 0 Å². The number of carbonyl (C=O) groups is 1. The number of fused-ring (bicyclic) bond motifs is 1. The van der Waals surface area contributed by atoms with Gasteiger partial charge in [-0.25, -0.2) is 9.50 Å². The molecule has 3 heterocycles. The highest BCUT2D eigenvalue weighted by Crippen LogP contribution is 2.34. The van der Waals surface area contributed by atoms with E-state index >= 15 is 0 Å². The van der Waals surface area contributed by atoms with Gasteiger partial charge in [-0.2, -0.15) is 5.10 Å². The molecule has 7 nitrogen and oxygen atoms in total. The van der Waals surface area contributed by atoms with Crippen LogP contribution in [0.25, 0.3) is 5.52 Å². The topological polar surface area (TPSA) is 91.7 Å². The largest absolute Gasteiger partial charge is 0.463 e. The number of carbonyl (C=O) groups excluding carboxylic acids is 1. The fourth-order valence-electron chi connectivity index (χ4n) is 3.13. The predicted octanol–water partition coefficient (Wildman–Crippen LogP) is 2.51. The van der Waals surface area contributed by atoms with Gasteiger partial charge in [-0.3, -0.25) is 4.79 Å². The van der Waals surface area contributed by atoms with Gasteiger partial charge in [0.15, 0.2) is 5.82 Å². The van der Waals surface area contributed by atoms with E-state index in [1.54, 1.807) is 4.52 Å². The van der Waals surface area contributed by atoms with Gasteiger partial charge in [0, 0.05) is 0 Å². The quantitative estimate of drug-likeness (QED) is 0.817. The molecule has 0 aromatic carbocycles. The van der Waals surface area contributed by atoms with E-state index in [2.05, 4.69) is 17.0 Å². The first-order chi connectivity index (χ1) is 11.6. The van der Waals surface area contributed by atoms with E-state index in [0.29, 0.717) is 12.4 Å². The number of esters is 1. The molecule has 3 rings (SSSR count). The fraction of sp³-hybridized carbons (Fsp3) is 0.588. The van der Waals surface area contributed by atoms with Crippen LogP contribution in [0.2, 0.25) is 0 Å². The first-order valence-electron chi connectivity index (χ1n) is 8.50. The predicted molar refractivity (Wildman–Crippen MR) is 89.3 cm³/mol. The Morgan fingerprint density at radius 2 is 2.33 bits per heavy atom. The molecular formula is C17H24N4O3. The molecule has 2 N–H and O–H groups in total. The van der Waals surface area contributed by atoms with Gasteiger partial charge in [0.05, 0.1) is 17.7 Å². The van der Waals surface area contributed by atoms with Crippen LogP contribution in [0.4, 0.5) is 5.82 Å². The average molecular weight is 332 g/mol. The molecule has 24 heavy (non-hydrogen) atoms. The van der Waals surface area contributed by atoms with E-state index in [1.807, 2.05) is 19.1 Å². The van der Waals surface area contributed by atoms with Crippen LogP contribution in [0.3, 0.4) is 0 Å². The van der Waals surface area contributed by atoms with E-state index in [0.717, 1.165) is 36.9 Å². The van der Waals surface area contributed by atoms with Crippen molar-refractivity contribution in [2.75, 3.05) is 12.3 Å². The van der Waals surface area contributed by atoms with Gasteiger partial charge < -0.3 is 15.2 Å². The molecule has 1 aliphatic rings. The van der Waals surface area contributed by atoms with Crippen molar-refractivity contribution in [2.45, 2.75) is 51.7 Å². The molecule has 7 heteroatoms. The van der Waals surface area contributed by atoms with Gasteiger partial charge in [-0.05, 0) is 31.4 Å². The van der Waals surface area contributed by atoms with Crippen molar-refractivity contribution in [2.24, 2.45) is 5.92 Å². The van der Waals surface area contributed by atoms with Crippen LogP contribution < -0.4 is 5.73 Å². The summed E-state index contributed by atoms with van der Waals surface area (Å²) in [6, 6.07) is 3.86. The molecule has 0 saturated carbocycles. The van der Waals surface area contributed by atoms with Gasteiger partial charge in [0.25, 0.3) is 0 Å². The second-order valence-electron chi connectivity index (χ2n) is 6.34. The summed E-state index contributed by atoms with van der Waals surface area (Å²) in [6.07, 6.45) is 4.84. The third-order valence-electron chi connectivity index (χ3n) is 4.48. The second kappa shape index (κ2) is 7.17. The standard InChI is InChI=1S/C17H24N4O3/c1-3-4-11(2)17(22)23-9-12-5-8-15(24-12)13-6-7-14-16(18)19-10-20-21(13)14/h6-7,10-12,15H,3-5,8-9H2,1-2H3,(H2,18,19,20). The van der Waals surface area contributed by atoms with E-state index in [9.17, 15) is 4.79 Å². The van der Waals surface area contributed by atoms with Gasteiger partial charge >= 0.3 is 5.97 Å². The maximum absolute atomic E-state index is 11.9. The number of rotatable bonds is 6. The normalized spacial score (nSPS) is 21.9. The lowest BCUT2D eigenvalue weighted by atomic mass is 10.1. The van der Waals surface area contributed by atoms with Crippen LogP contribution in [0.15, 0.2) is 18.5 Å². The number of anilines is 1. The molecule has 0 radical (unpaired) electrons. The monoisotopic (exact) mass is 332 g/mol. The third-order valence-corrected chi connectivity index (χ3v) is 4.48. The van der Waals surface area contributed by atoms with Crippen molar-refractivity contribution < 1.29 is 14.3 Å². The van der Waals surface area contributed by atoms with Crippen LogP contribution in [-0.2, 0) is 14.3 Å². The Labute approximate surface area is 141 Å². The Hall–Kier alpha value is -2.15. The Bertz CT molecular complexity index is 715. The molecular weight excluding hydrogens is 308 g/mol. The summed E-state index contributed by atoms with van der Waals surface area (Å²) in [4.78, 5) is 15.9. The van der Waals surface area contributed by atoms with Crippen LogP contribution in [0.1, 0.15) is 51.3 Å². The number of nitrogen functional groups attached to an aromatic ring is 1. The molecule has 1 saturated heterocycles. The summed E-state index contributed by atoms with van der Waals surface area (Å²) in [5, 5.41) is 4.25. The average Bonchev–Trinajstić information content (AvgIpc) is 3.19. The Balaban J connectivity index is 1.59. The Kier molecular flexibility index (Phi) is 4.99. The highest BCUT2D eigenvalue weighted by molar-refractivity contribution is 5.71. The molecule has 130 valence electrons. The Morgan fingerprint density at radius 3 is 3.12 bits per heavy atom. The summed E-state index contributed by atoms with van der Waals surface area (Å²) >= 11 is 0. The van der Waals surface area contributed by atoms with Crippen LogP contribution >= 0.6 is 0 Å². The summed E-state index contributed by atoms with van der Waals surface area (Å²) < 4.78 is 13.2. The van der Waals surface area contributed by atoms with E-state index < -0.39 is 0 Å². The molecule has 0 spiro atoms. The second-order valence-corrected chi connectivity index (χ2v) is 6.34. The molecule has 3 atom stereocenters. The molecule has 1 fully saturated rings. The highest BCUT2D eigenvalue weighted by atomic mass is 16.6. The highest BCUT2D eigenvalue weighted by Gasteiger charge is 2.30. The van der Waals surface area contributed by atoms with Crippen molar-refractivity contribution in [3.05, 3.63) is 24.2 Å². The number of hydrogen-bond acceptors (Lipinski definition) is 6. The minimum atomic E-state index is -0.141. The molecule has 0 amide bonds. The van der Waals surface area contributed by atoms with Crippen molar-refractivity contribution in [1.29, 1.82) is 0 Å². The molecule has 3 unspecified atom stereocenters. The van der Waals surface area contributed by atoms with Gasteiger partial charge in [0.2, 0.25) is 0 Å². The maximum Gasteiger partial charge on any atom is 0.308 e. The van der Waals surface area contributed by atoms with Gasteiger partial charge in [-0.15, -0.1) is 0 Å². The first kappa shape index (κ1) is 16.7. The zero-order valence-corrected chi connectivity index (χ0v) is 14.1. The zero-order chi connectivity index (χ0) is 17.1. The van der Waals surface area contributed by atoms with Gasteiger partial charge in [-0.1, -0.05) is 20.3 Å². The van der Waals surface area contributed by atoms with E-state index in [1.165, 1.54) is 6.33 Å². The zero-order valence-electron chi connectivity index (χ0n) is 14.1. The minimum absolute atomic E-state index is 0.0542. The number of hydrogen-bond donors (Lipinski definition) is 1. The molecule has 2 aromatic heterocycles. The summed E-state index contributed by atoms with van der Waals surface area (Å²) in [5.74, 6) is 0.253. The lowest BCUT2D eigenvalue weighted by Gasteiger charge is -2.15. The van der Waals surface area contributed by atoms with E-state index in [4.69, 9.17) is 15.2 Å². The minimum Gasteiger partial charge on any atom is -0.463 e. The lowest BCUT2D eigenvalue weighted by Crippen LogP contribution is -2.22. The molecule has 2 aromatic rings. The SMILES string of the molecule is CCCC(C)C(=O)OCC1CCC(c2ccc3c(N)ncnn23)O1. The van der Waals surface area contributed by atoms with Crippen molar-refractivity contribution in [1.82, 2.24) is 14.6 Å². The molecule has 1 aliphatic heterocycles. The number of nitrogens with zero attached hydrogens (tertiary/aromatic N) is 3. The number of ether oxygens (including phenoxy) is 2. The van der Waals surface area contributed by atoms with Crippen LogP contribution in [0, 0.1) is 5.92 Å². The van der Waals surface area contributed by atoms with Crippen molar-refractivity contribution in [3.8, 4) is 0 Å². The smallest absolute Gasteiger partial charge is 0.308 e. The number of nitrogens with two attached hydrogens (primary N) is 1.